The van der Waals surface area contributed by atoms with Crippen LogP contribution in [0.15, 0.2) is 34.9 Å². The predicted molar refractivity (Wildman–Crippen MR) is 99.8 cm³/mol. The number of aromatic nitrogens is 1. The second-order valence-corrected chi connectivity index (χ2v) is 6.67. The van der Waals surface area contributed by atoms with E-state index in [0.29, 0.717) is 18.1 Å². The molecule has 3 N–H and O–H groups in total. The van der Waals surface area contributed by atoms with Gasteiger partial charge in [0.05, 0.1) is 6.54 Å². The van der Waals surface area contributed by atoms with Gasteiger partial charge in [-0.25, -0.2) is 0 Å². The average Bonchev–Trinajstić information content (AvgIpc) is 3.02. The van der Waals surface area contributed by atoms with E-state index in [1.807, 2.05) is 52.0 Å². The second kappa shape index (κ2) is 9.15. The molecular weight excluding hydrogens is 332 g/mol. The molecule has 7 heteroatoms. The van der Waals surface area contributed by atoms with Gasteiger partial charge in [0.15, 0.2) is 13.1 Å². The summed E-state index contributed by atoms with van der Waals surface area (Å²) in [5.41, 5.74) is 2.75. The molecule has 2 amide bonds. The van der Waals surface area contributed by atoms with E-state index < -0.39 is 0 Å². The van der Waals surface area contributed by atoms with E-state index in [0.717, 1.165) is 16.0 Å². The summed E-state index contributed by atoms with van der Waals surface area (Å²) in [6, 6.07) is 9.67. The number of hydrogen-bond acceptors (Lipinski definition) is 4. The van der Waals surface area contributed by atoms with Crippen LogP contribution in [-0.2, 0) is 9.59 Å². The molecule has 0 spiro atoms. The standard InChI is InChI=1S/C19H26N4O3/c1-5-23(11-17(24)20-13(2)3)12-18(25)21-19-10-16(22-26-19)15-8-6-14(4)7-9-15/h6-10,13H,5,11-12H2,1-4H3,(H,20,24)(H,21,25)/p+1. The molecule has 1 heterocycles. The average molecular weight is 359 g/mol. The van der Waals surface area contributed by atoms with Gasteiger partial charge in [-0.15, -0.1) is 0 Å². The number of anilines is 1. The van der Waals surface area contributed by atoms with Gasteiger partial charge in [-0.05, 0) is 27.7 Å². The Bertz CT molecular complexity index is 737. The van der Waals surface area contributed by atoms with Crippen LogP contribution in [0.5, 0.6) is 0 Å². The maximum Gasteiger partial charge on any atom is 0.281 e. The molecule has 0 saturated carbocycles. The number of nitrogens with zero attached hydrogens (tertiary/aromatic N) is 1. The number of carbonyl (C=O) groups is 2. The van der Waals surface area contributed by atoms with Crippen molar-refractivity contribution in [1.82, 2.24) is 10.5 Å². The Morgan fingerprint density at radius 3 is 2.42 bits per heavy atom. The van der Waals surface area contributed by atoms with Gasteiger partial charge in [0, 0.05) is 17.7 Å². The fourth-order valence-electron chi connectivity index (χ4n) is 2.52. The number of rotatable bonds is 8. The van der Waals surface area contributed by atoms with Crippen molar-refractivity contribution in [2.75, 3.05) is 25.0 Å². The number of benzene rings is 1. The van der Waals surface area contributed by atoms with Gasteiger partial charge in [-0.3, -0.25) is 14.9 Å². The Morgan fingerprint density at radius 1 is 1.15 bits per heavy atom. The molecule has 0 aliphatic carbocycles. The second-order valence-electron chi connectivity index (χ2n) is 6.67. The fourth-order valence-corrected chi connectivity index (χ4v) is 2.52. The summed E-state index contributed by atoms with van der Waals surface area (Å²) < 4.78 is 5.20. The van der Waals surface area contributed by atoms with E-state index in [9.17, 15) is 9.59 Å². The molecule has 140 valence electrons. The van der Waals surface area contributed by atoms with E-state index in [4.69, 9.17) is 4.52 Å². The van der Waals surface area contributed by atoms with Crippen LogP contribution in [0.25, 0.3) is 11.3 Å². The molecule has 1 atom stereocenters. The molecule has 7 nitrogen and oxygen atoms in total. The number of quaternary nitrogens is 1. The van der Waals surface area contributed by atoms with Crippen molar-refractivity contribution in [2.24, 2.45) is 0 Å². The third-order valence-corrected chi connectivity index (χ3v) is 3.89. The number of amides is 2. The monoisotopic (exact) mass is 359 g/mol. The lowest BCUT2D eigenvalue weighted by molar-refractivity contribution is -0.881. The van der Waals surface area contributed by atoms with E-state index in [2.05, 4.69) is 15.8 Å². The molecule has 0 bridgehead atoms. The highest BCUT2D eigenvalue weighted by Gasteiger charge is 2.18. The van der Waals surface area contributed by atoms with Crippen molar-refractivity contribution in [1.29, 1.82) is 0 Å². The molecule has 1 unspecified atom stereocenters. The van der Waals surface area contributed by atoms with Crippen molar-refractivity contribution in [3.8, 4) is 11.3 Å². The number of nitrogens with one attached hydrogen (secondary N) is 3. The zero-order valence-corrected chi connectivity index (χ0v) is 15.8. The smallest absolute Gasteiger partial charge is 0.281 e. The molecule has 0 aliphatic heterocycles. The fraction of sp³-hybridized carbons (Fsp3) is 0.421. The number of likely N-dealkylation sites (N-methyl/N-ethyl adjacent to an activating group) is 1. The number of aryl methyl sites for hydroxylation is 1. The molecule has 2 aromatic rings. The molecule has 0 saturated heterocycles. The molecule has 26 heavy (non-hydrogen) atoms. The first-order valence-electron chi connectivity index (χ1n) is 8.84. The van der Waals surface area contributed by atoms with Crippen LogP contribution < -0.4 is 15.5 Å². The van der Waals surface area contributed by atoms with Crippen LogP contribution in [0, 0.1) is 6.92 Å². The highest BCUT2D eigenvalue weighted by Crippen LogP contribution is 2.21. The summed E-state index contributed by atoms with van der Waals surface area (Å²) in [6.07, 6.45) is 0. The zero-order valence-electron chi connectivity index (χ0n) is 15.8. The van der Waals surface area contributed by atoms with E-state index in [-0.39, 0.29) is 30.9 Å². The van der Waals surface area contributed by atoms with Crippen LogP contribution in [0.3, 0.4) is 0 Å². The van der Waals surface area contributed by atoms with Gasteiger partial charge in [0.25, 0.3) is 11.8 Å². The molecular formula is C19H27N4O3+. The largest absolute Gasteiger partial charge is 0.349 e. The summed E-state index contributed by atoms with van der Waals surface area (Å²) in [7, 11) is 0. The minimum atomic E-state index is -0.217. The molecule has 1 aromatic heterocycles. The Hall–Kier alpha value is -2.67. The van der Waals surface area contributed by atoms with Crippen LogP contribution in [-0.4, -0.2) is 42.6 Å². The normalized spacial score (nSPS) is 12.0. The number of hydrogen-bond donors (Lipinski definition) is 3. The molecule has 0 fully saturated rings. The van der Waals surface area contributed by atoms with Crippen molar-refractivity contribution >= 4 is 17.7 Å². The number of carbonyl (C=O) groups excluding carboxylic acids is 2. The van der Waals surface area contributed by atoms with Crippen LogP contribution in [0.2, 0.25) is 0 Å². The topological polar surface area (TPSA) is 88.7 Å². The van der Waals surface area contributed by atoms with Crippen LogP contribution in [0.4, 0.5) is 5.88 Å². The van der Waals surface area contributed by atoms with Gasteiger partial charge < -0.3 is 14.7 Å². The first kappa shape index (κ1) is 19.7. The summed E-state index contributed by atoms with van der Waals surface area (Å²) in [4.78, 5) is 25.0. The lowest BCUT2D eigenvalue weighted by atomic mass is 10.1. The zero-order chi connectivity index (χ0) is 19.1. The Labute approximate surface area is 153 Å². The van der Waals surface area contributed by atoms with Gasteiger partial charge in [-0.2, -0.15) is 0 Å². The third-order valence-electron chi connectivity index (χ3n) is 3.89. The summed E-state index contributed by atoms with van der Waals surface area (Å²) >= 11 is 0. The third kappa shape index (κ3) is 6.00. The van der Waals surface area contributed by atoms with Gasteiger partial charge >= 0.3 is 0 Å². The van der Waals surface area contributed by atoms with Crippen LogP contribution in [0.1, 0.15) is 26.3 Å². The molecule has 1 aromatic carbocycles. The Morgan fingerprint density at radius 2 is 1.81 bits per heavy atom. The van der Waals surface area contributed by atoms with Gasteiger partial charge in [0.2, 0.25) is 5.88 Å². The summed E-state index contributed by atoms with van der Waals surface area (Å²) in [6.45, 7) is 8.88. The maximum absolute atomic E-state index is 12.2. The van der Waals surface area contributed by atoms with E-state index in [1.54, 1.807) is 6.07 Å². The first-order chi connectivity index (χ1) is 12.4. The summed E-state index contributed by atoms with van der Waals surface area (Å²) in [5, 5.41) is 9.53. The molecule has 0 aliphatic rings. The van der Waals surface area contributed by atoms with Crippen molar-refractivity contribution in [3.63, 3.8) is 0 Å². The highest BCUT2D eigenvalue weighted by atomic mass is 16.5. The SMILES string of the molecule is CC[NH+](CC(=O)Nc1cc(-c2ccc(C)cc2)no1)CC(=O)NC(C)C. The van der Waals surface area contributed by atoms with Crippen molar-refractivity contribution in [3.05, 3.63) is 35.9 Å². The first-order valence-corrected chi connectivity index (χ1v) is 8.84. The maximum atomic E-state index is 12.2. The Balaban J connectivity index is 1.90. The van der Waals surface area contributed by atoms with Gasteiger partial charge in [0.1, 0.15) is 5.69 Å². The van der Waals surface area contributed by atoms with Crippen molar-refractivity contribution < 1.29 is 19.0 Å². The van der Waals surface area contributed by atoms with E-state index >= 15 is 0 Å². The Kier molecular flexibility index (Phi) is 6.91. The molecule has 0 radical (unpaired) electrons. The highest BCUT2D eigenvalue weighted by molar-refractivity contribution is 5.90. The lowest BCUT2D eigenvalue weighted by Crippen LogP contribution is -3.14. The predicted octanol–water partition coefficient (Wildman–Crippen LogP) is 1.02. The van der Waals surface area contributed by atoms with Gasteiger partial charge in [-0.1, -0.05) is 35.0 Å². The van der Waals surface area contributed by atoms with Crippen LogP contribution >= 0.6 is 0 Å². The van der Waals surface area contributed by atoms with E-state index in [1.165, 1.54) is 0 Å². The molecule has 2 rings (SSSR count). The quantitative estimate of drug-likeness (QED) is 0.657. The minimum absolute atomic E-state index is 0.0639. The minimum Gasteiger partial charge on any atom is -0.349 e. The lowest BCUT2D eigenvalue weighted by Gasteiger charge is -2.17. The summed E-state index contributed by atoms with van der Waals surface area (Å²) in [5.74, 6) is 0.0180. The van der Waals surface area contributed by atoms with Crippen molar-refractivity contribution in [2.45, 2.75) is 33.7 Å².